The molecule has 0 N–H and O–H groups in total. The van der Waals surface area contributed by atoms with E-state index in [1.807, 2.05) is 0 Å². The Bertz CT molecular complexity index is 218. The maximum atomic E-state index is 3.34. The Balaban J connectivity index is 2.79. The summed E-state index contributed by atoms with van der Waals surface area (Å²) in [4.78, 5) is 0. The van der Waals surface area contributed by atoms with Gasteiger partial charge in [0.05, 0.1) is 0 Å². The maximum Gasteiger partial charge on any atom is -0.0101 e. The van der Waals surface area contributed by atoms with E-state index in [9.17, 15) is 0 Å². The van der Waals surface area contributed by atoms with Crippen LogP contribution in [0.15, 0.2) is 17.4 Å². The fourth-order valence-corrected chi connectivity index (χ4v) is 2.16. The second-order valence-electron chi connectivity index (χ2n) is 4.36. The highest BCUT2D eigenvalue weighted by Gasteiger charge is 2.31. The molecule has 0 saturated carbocycles. The lowest BCUT2D eigenvalue weighted by molar-refractivity contribution is 0.208. The highest BCUT2D eigenvalue weighted by Crippen LogP contribution is 2.41. The number of hydrogen-bond donors (Lipinski definition) is 0. The topological polar surface area (TPSA) is 0 Å². The van der Waals surface area contributed by atoms with Gasteiger partial charge in [0, 0.05) is 0 Å². The third-order valence-corrected chi connectivity index (χ3v) is 3.41. The van der Waals surface area contributed by atoms with Crippen molar-refractivity contribution in [1.29, 1.82) is 0 Å². The molecule has 0 amide bonds. The van der Waals surface area contributed by atoms with Crippen molar-refractivity contribution in [3.63, 3.8) is 0 Å². The van der Waals surface area contributed by atoms with E-state index in [4.69, 9.17) is 0 Å². The van der Waals surface area contributed by atoms with E-state index < -0.39 is 0 Å². The predicted octanol–water partition coefficient (Wildman–Crippen LogP) is 3.93. The summed E-state index contributed by atoms with van der Waals surface area (Å²) in [5, 5.41) is 0. The molecule has 0 aromatic rings. The Hall–Kier alpha value is -0.480. The summed E-state index contributed by atoms with van der Waals surface area (Å²) in [5.74, 6) is 0.711. The molecule has 0 aromatic heterocycles. The smallest absolute Gasteiger partial charge is 0.0101 e. The van der Waals surface area contributed by atoms with Crippen LogP contribution in [0.2, 0.25) is 0 Å². The number of allylic oxidation sites excluding steroid dienone is 1. The molecule has 68 valence electrons. The Labute approximate surface area is 76.4 Å². The van der Waals surface area contributed by atoms with Gasteiger partial charge in [0.15, 0.2) is 0 Å². The second-order valence-corrected chi connectivity index (χ2v) is 4.36. The highest BCUT2D eigenvalue weighted by atomic mass is 14.4. The summed E-state index contributed by atoms with van der Waals surface area (Å²) >= 11 is 0. The quantitative estimate of drug-likeness (QED) is 0.542. The molecular formula is C12H20. The van der Waals surface area contributed by atoms with E-state index in [1.54, 1.807) is 0 Å². The lowest BCUT2D eigenvalue weighted by Crippen LogP contribution is -2.27. The van der Waals surface area contributed by atoms with Crippen molar-refractivity contribution in [1.82, 2.24) is 0 Å². The van der Waals surface area contributed by atoms with Gasteiger partial charge in [0.1, 0.15) is 0 Å². The molecule has 0 nitrogen and oxygen atoms in total. The van der Waals surface area contributed by atoms with Crippen molar-refractivity contribution in [2.45, 2.75) is 47.0 Å². The van der Waals surface area contributed by atoms with Crippen LogP contribution in [0.4, 0.5) is 0 Å². The first kappa shape index (κ1) is 9.61. The van der Waals surface area contributed by atoms with Crippen LogP contribution >= 0.6 is 0 Å². The van der Waals surface area contributed by atoms with Crippen LogP contribution in [0.25, 0.3) is 0 Å². The zero-order valence-corrected chi connectivity index (χ0v) is 8.78. The molecular weight excluding hydrogens is 144 g/mol. The molecule has 0 fully saturated rings. The fourth-order valence-electron chi connectivity index (χ4n) is 2.16. The van der Waals surface area contributed by atoms with Crippen molar-refractivity contribution in [2.75, 3.05) is 0 Å². The Morgan fingerprint density at radius 3 is 2.92 bits per heavy atom. The Kier molecular flexibility index (Phi) is 2.80. The summed E-state index contributed by atoms with van der Waals surface area (Å²) in [6.07, 6.45) is 6.05. The third-order valence-electron chi connectivity index (χ3n) is 3.41. The van der Waals surface area contributed by atoms with Crippen molar-refractivity contribution in [3.05, 3.63) is 17.4 Å². The predicted molar refractivity (Wildman–Crippen MR) is 54.1 cm³/mol. The first-order chi connectivity index (χ1) is 5.60. The molecule has 1 aliphatic carbocycles. The normalized spacial score (nSPS) is 35.0. The molecule has 0 heteroatoms. The monoisotopic (exact) mass is 164 g/mol. The van der Waals surface area contributed by atoms with Gasteiger partial charge in [-0.25, -0.2) is 0 Å². The lowest BCUT2D eigenvalue weighted by atomic mass is 9.68. The second kappa shape index (κ2) is 3.49. The summed E-state index contributed by atoms with van der Waals surface area (Å²) in [6, 6.07) is 0. The Morgan fingerprint density at radius 2 is 2.33 bits per heavy atom. The number of hydrogen-bond acceptors (Lipinski definition) is 0. The maximum absolute atomic E-state index is 3.34. The first-order valence-corrected chi connectivity index (χ1v) is 5.02. The van der Waals surface area contributed by atoms with Gasteiger partial charge in [-0.2, -0.15) is 0 Å². The van der Waals surface area contributed by atoms with Crippen LogP contribution in [-0.4, -0.2) is 0 Å². The molecule has 0 heterocycles. The molecule has 0 radical (unpaired) electrons. The van der Waals surface area contributed by atoms with Crippen LogP contribution < -0.4 is 0 Å². The van der Waals surface area contributed by atoms with Gasteiger partial charge in [0.25, 0.3) is 0 Å². The van der Waals surface area contributed by atoms with Crippen molar-refractivity contribution in [3.8, 4) is 0 Å². The minimum atomic E-state index is 0.504. The van der Waals surface area contributed by atoms with Gasteiger partial charge >= 0.3 is 0 Å². The summed E-state index contributed by atoms with van der Waals surface area (Å²) in [6.45, 7) is 9.22. The molecule has 1 rings (SSSR count). The lowest BCUT2D eigenvalue weighted by Gasteiger charge is -2.36. The van der Waals surface area contributed by atoms with Gasteiger partial charge in [-0.15, -0.1) is 5.73 Å². The van der Waals surface area contributed by atoms with Crippen molar-refractivity contribution < 1.29 is 0 Å². The van der Waals surface area contributed by atoms with E-state index >= 15 is 0 Å². The summed E-state index contributed by atoms with van der Waals surface area (Å²) in [7, 11) is 0. The molecule has 0 saturated heterocycles. The number of rotatable bonds is 2. The third kappa shape index (κ3) is 1.64. The van der Waals surface area contributed by atoms with Gasteiger partial charge < -0.3 is 0 Å². The first-order valence-electron chi connectivity index (χ1n) is 5.02. The summed E-state index contributed by atoms with van der Waals surface area (Å²) in [5.41, 5.74) is 5.27. The van der Waals surface area contributed by atoms with Crippen LogP contribution in [-0.2, 0) is 0 Å². The standard InChI is InChI=1S/C12H20/c1-5-8-12(4)9-6-7-10(2)11(12)3/h6,11H,5,8-9H2,1-4H3. The average Bonchev–Trinajstić information content (AvgIpc) is 2.01. The molecule has 12 heavy (non-hydrogen) atoms. The minimum absolute atomic E-state index is 0.504. The van der Waals surface area contributed by atoms with E-state index in [1.165, 1.54) is 24.8 Å². The van der Waals surface area contributed by atoms with E-state index in [2.05, 4.69) is 39.5 Å². The molecule has 0 spiro atoms. The average molecular weight is 164 g/mol. The summed E-state index contributed by atoms with van der Waals surface area (Å²) < 4.78 is 0. The van der Waals surface area contributed by atoms with Crippen LogP contribution in [0.3, 0.4) is 0 Å². The van der Waals surface area contributed by atoms with Gasteiger partial charge in [0.2, 0.25) is 0 Å². The molecule has 0 bridgehead atoms. The van der Waals surface area contributed by atoms with Gasteiger partial charge in [-0.3, -0.25) is 0 Å². The van der Waals surface area contributed by atoms with Gasteiger partial charge in [-0.1, -0.05) is 27.2 Å². The van der Waals surface area contributed by atoms with Crippen molar-refractivity contribution >= 4 is 0 Å². The largest absolute Gasteiger partial charge is 0.126 e. The highest BCUT2D eigenvalue weighted by molar-refractivity contribution is 5.12. The van der Waals surface area contributed by atoms with E-state index in [-0.39, 0.29) is 0 Å². The van der Waals surface area contributed by atoms with Crippen LogP contribution in [0, 0.1) is 11.3 Å². The Morgan fingerprint density at radius 1 is 1.67 bits per heavy atom. The minimum Gasteiger partial charge on any atom is -0.126 e. The zero-order valence-electron chi connectivity index (χ0n) is 8.78. The van der Waals surface area contributed by atoms with Crippen molar-refractivity contribution in [2.24, 2.45) is 11.3 Å². The van der Waals surface area contributed by atoms with E-state index in [0.717, 1.165) is 0 Å². The van der Waals surface area contributed by atoms with Crippen LogP contribution in [0.1, 0.15) is 47.0 Å². The molecule has 1 aliphatic rings. The molecule has 2 atom stereocenters. The van der Waals surface area contributed by atoms with Crippen LogP contribution in [0.5, 0.6) is 0 Å². The molecule has 0 aliphatic heterocycles. The SMILES string of the molecule is CCCC1(C)CC=C=C(C)C1C. The van der Waals surface area contributed by atoms with Gasteiger partial charge in [-0.05, 0) is 42.7 Å². The molecule has 0 aromatic carbocycles. The fraction of sp³-hybridized carbons (Fsp3) is 0.750. The van der Waals surface area contributed by atoms with E-state index in [0.29, 0.717) is 11.3 Å². The molecule has 2 unspecified atom stereocenters. The zero-order chi connectivity index (χ0) is 9.19.